The third-order valence-electron chi connectivity index (χ3n) is 3.57. The SMILES string of the molecule is CC(C)C[C@@H](N)C(=O)N(C)Cc1cnn(-c2ccc(F)cc2)c1. The molecule has 1 aromatic carbocycles. The molecule has 2 rings (SSSR count). The van der Waals surface area contributed by atoms with Crippen LogP contribution in [0.2, 0.25) is 0 Å². The van der Waals surface area contributed by atoms with E-state index in [0.29, 0.717) is 18.9 Å². The first-order valence-corrected chi connectivity index (χ1v) is 7.67. The van der Waals surface area contributed by atoms with Crippen molar-refractivity contribution in [2.45, 2.75) is 32.9 Å². The van der Waals surface area contributed by atoms with Gasteiger partial charge in [0.25, 0.3) is 0 Å². The van der Waals surface area contributed by atoms with Gasteiger partial charge in [0.15, 0.2) is 0 Å². The van der Waals surface area contributed by atoms with Gasteiger partial charge in [-0.1, -0.05) is 13.8 Å². The van der Waals surface area contributed by atoms with E-state index in [2.05, 4.69) is 5.10 Å². The summed E-state index contributed by atoms with van der Waals surface area (Å²) in [5.74, 6) is 0.0161. The van der Waals surface area contributed by atoms with E-state index >= 15 is 0 Å². The number of benzene rings is 1. The summed E-state index contributed by atoms with van der Waals surface area (Å²) in [5, 5.41) is 4.25. The highest BCUT2D eigenvalue weighted by atomic mass is 19.1. The monoisotopic (exact) mass is 318 g/mol. The molecule has 0 aliphatic rings. The molecule has 5 nitrogen and oxygen atoms in total. The molecule has 0 bridgehead atoms. The Morgan fingerprint density at radius 3 is 2.61 bits per heavy atom. The van der Waals surface area contributed by atoms with Crippen LogP contribution in [0.1, 0.15) is 25.8 Å². The number of nitrogens with zero attached hydrogens (tertiary/aromatic N) is 3. The van der Waals surface area contributed by atoms with Crippen LogP contribution in [-0.4, -0.2) is 33.7 Å². The van der Waals surface area contributed by atoms with E-state index in [1.54, 1.807) is 35.0 Å². The highest BCUT2D eigenvalue weighted by Gasteiger charge is 2.19. The normalized spacial score (nSPS) is 12.4. The zero-order valence-electron chi connectivity index (χ0n) is 13.7. The summed E-state index contributed by atoms with van der Waals surface area (Å²) in [6.45, 7) is 4.52. The molecule has 1 amide bonds. The van der Waals surface area contributed by atoms with Crippen LogP contribution in [0.5, 0.6) is 0 Å². The van der Waals surface area contributed by atoms with Crippen molar-refractivity contribution < 1.29 is 9.18 Å². The van der Waals surface area contributed by atoms with Crippen molar-refractivity contribution in [2.75, 3.05) is 7.05 Å². The van der Waals surface area contributed by atoms with Gasteiger partial charge in [-0.15, -0.1) is 0 Å². The van der Waals surface area contributed by atoms with Crippen LogP contribution < -0.4 is 5.73 Å². The second-order valence-electron chi connectivity index (χ2n) is 6.20. The van der Waals surface area contributed by atoms with Crippen molar-refractivity contribution in [2.24, 2.45) is 11.7 Å². The molecule has 23 heavy (non-hydrogen) atoms. The average molecular weight is 318 g/mol. The molecular formula is C17H23FN4O. The summed E-state index contributed by atoms with van der Waals surface area (Å²) < 4.78 is 14.6. The molecule has 0 saturated carbocycles. The van der Waals surface area contributed by atoms with E-state index in [0.717, 1.165) is 11.3 Å². The first-order chi connectivity index (χ1) is 10.9. The van der Waals surface area contributed by atoms with E-state index in [4.69, 9.17) is 5.73 Å². The molecule has 0 aliphatic carbocycles. The molecule has 1 atom stereocenters. The lowest BCUT2D eigenvalue weighted by Crippen LogP contribution is -2.42. The molecule has 1 aromatic heterocycles. The summed E-state index contributed by atoms with van der Waals surface area (Å²) in [6.07, 6.45) is 4.18. The van der Waals surface area contributed by atoms with Crippen LogP contribution in [0.4, 0.5) is 4.39 Å². The second-order valence-corrected chi connectivity index (χ2v) is 6.20. The Morgan fingerprint density at radius 1 is 1.35 bits per heavy atom. The maximum atomic E-state index is 12.9. The van der Waals surface area contributed by atoms with Crippen LogP contribution in [0, 0.1) is 11.7 Å². The van der Waals surface area contributed by atoms with E-state index in [1.165, 1.54) is 12.1 Å². The van der Waals surface area contributed by atoms with Crippen LogP contribution >= 0.6 is 0 Å². The lowest BCUT2D eigenvalue weighted by atomic mass is 10.0. The highest BCUT2D eigenvalue weighted by molar-refractivity contribution is 5.81. The smallest absolute Gasteiger partial charge is 0.239 e. The van der Waals surface area contributed by atoms with Crippen molar-refractivity contribution in [1.82, 2.24) is 14.7 Å². The number of rotatable bonds is 6. The number of nitrogens with two attached hydrogens (primary N) is 1. The summed E-state index contributed by atoms with van der Waals surface area (Å²) in [7, 11) is 1.73. The maximum Gasteiger partial charge on any atom is 0.239 e. The number of likely N-dealkylation sites (N-methyl/N-ethyl adjacent to an activating group) is 1. The van der Waals surface area contributed by atoms with Gasteiger partial charge < -0.3 is 10.6 Å². The van der Waals surface area contributed by atoms with E-state index in [9.17, 15) is 9.18 Å². The first kappa shape index (κ1) is 17.1. The standard InChI is InChI=1S/C17H23FN4O/c1-12(2)8-16(19)17(23)21(3)10-13-9-20-22(11-13)15-6-4-14(18)5-7-15/h4-7,9,11-12,16H,8,10,19H2,1-3H3/t16-/m1/s1. The Kier molecular flexibility index (Phi) is 5.50. The zero-order chi connectivity index (χ0) is 17.0. The van der Waals surface area contributed by atoms with Gasteiger partial charge in [0.05, 0.1) is 17.9 Å². The van der Waals surface area contributed by atoms with Crippen molar-refractivity contribution in [3.8, 4) is 5.69 Å². The van der Waals surface area contributed by atoms with Gasteiger partial charge in [-0.3, -0.25) is 4.79 Å². The topological polar surface area (TPSA) is 64.2 Å². The third kappa shape index (κ3) is 4.63. The Bertz CT molecular complexity index is 651. The van der Waals surface area contributed by atoms with Gasteiger partial charge in [0.1, 0.15) is 5.82 Å². The minimum atomic E-state index is -0.479. The third-order valence-corrected chi connectivity index (χ3v) is 3.57. The molecule has 2 N–H and O–H groups in total. The molecule has 6 heteroatoms. The van der Waals surface area contributed by atoms with Crippen LogP contribution in [0.25, 0.3) is 5.69 Å². The fourth-order valence-corrected chi connectivity index (χ4v) is 2.42. The Hall–Kier alpha value is -2.21. The van der Waals surface area contributed by atoms with E-state index in [1.807, 2.05) is 20.0 Å². The maximum absolute atomic E-state index is 12.9. The van der Waals surface area contributed by atoms with Gasteiger partial charge in [0, 0.05) is 25.4 Å². The number of aromatic nitrogens is 2. The minimum absolute atomic E-state index is 0.0757. The Labute approximate surface area is 135 Å². The van der Waals surface area contributed by atoms with Gasteiger partial charge in [-0.25, -0.2) is 9.07 Å². The van der Waals surface area contributed by atoms with E-state index < -0.39 is 6.04 Å². The molecule has 0 radical (unpaired) electrons. The zero-order valence-corrected chi connectivity index (χ0v) is 13.7. The lowest BCUT2D eigenvalue weighted by molar-refractivity contribution is -0.132. The Balaban J connectivity index is 2.01. The van der Waals surface area contributed by atoms with Gasteiger partial charge in [0.2, 0.25) is 5.91 Å². The molecule has 124 valence electrons. The van der Waals surface area contributed by atoms with Crippen LogP contribution in [0.15, 0.2) is 36.7 Å². The first-order valence-electron chi connectivity index (χ1n) is 7.67. The number of carbonyl (C=O) groups excluding carboxylic acids is 1. The molecule has 0 saturated heterocycles. The highest BCUT2D eigenvalue weighted by Crippen LogP contribution is 2.12. The molecule has 0 aliphatic heterocycles. The Morgan fingerprint density at radius 2 is 2.00 bits per heavy atom. The minimum Gasteiger partial charge on any atom is -0.340 e. The quantitative estimate of drug-likeness (QED) is 0.889. The fourth-order valence-electron chi connectivity index (χ4n) is 2.42. The number of amides is 1. The van der Waals surface area contributed by atoms with Crippen molar-refractivity contribution in [1.29, 1.82) is 0 Å². The summed E-state index contributed by atoms with van der Waals surface area (Å²) in [6, 6.07) is 5.60. The number of carbonyl (C=O) groups is 1. The summed E-state index contributed by atoms with van der Waals surface area (Å²) in [4.78, 5) is 13.8. The van der Waals surface area contributed by atoms with Crippen molar-refractivity contribution in [3.05, 3.63) is 48.0 Å². The second kappa shape index (κ2) is 7.37. The number of hydrogen-bond acceptors (Lipinski definition) is 3. The largest absolute Gasteiger partial charge is 0.340 e. The summed E-state index contributed by atoms with van der Waals surface area (Å²) in [5.41, 5.74) is 7.59. The van der Waals surface area contributed by atoms with Crippen LogP contribution in [-0.2, 0) is 11.3 Å². The lowest BCUT2D eigenvalue weighted by Gasteiger charge is -2.21. The predicted molar refractivity (Wildman–Crippen MR) is 87.4 cm³/mol. The molecule has 1 heterocycles. The fraction of sp³-hybridized carbons (Fsp3) is 0.412. The molecule has 0 unspecified atom stereocenters. The van der Waals surface area contributed by atoms with Gasteiger partial charge in [-0.2, -0.15) is 5.10 Å². The van der Waals surface area contributed by atoms with Crippen molar-refractivity contribution >= 4 is 5.91 Å². The van der Waals surface area contributed by atoms with Crippen molar-refractivity contribution in [3.63, 3.8) is 0 Å². The summed E-state index contributed by atoms with van der Waals surface area (Å²) >= 11 is 0. The molecule has 0 fully saturated rings. The van der Waals surface area contributed by atoms with Crippen LogP contribution in [0.3, 0.4) is 0 Å². The van der Waals surface area contributed by atoms with Gasteiger partial charge >= 0.3 is 0 Å². The molecule has 2 aromatic rings. The van der Waals surface area contributed by atoms with Gasteiger partial charge in [-0.05, 0) is 36.6 Å². The molecule has 0 spiro atoms. The van der Waals surface area contributed by atoms with E-state index in [-0.39, 0.29) is 11.7 Å². The predicted octanol–water partition coefficient (Wildman–Crippen LogP) is 2.34. The molecular weight excluding hydrogens is 295 g/mol. The number of halogens is 1. The number of hydrogen-bond donors (Lipinski definition) is 1. The average Bonchev–Trinajstić information content (AvgIpc) is 2.94.